The summed E-state index contributed by atoms with van der Waals surface area (Å²) in [5.74, 6) is 0.641. The van der Waals surface area contributed by atoms with Crippen LogP contribution in [-0.4, -0.2) is 67.0 Å². The summed E-state index contributed by atoms with van der Waals surface area (Å²) >= 11 is 11.9. The second-order valence-corrected chi connectivity index (χ2v) is 10.0. The van der Waals surface area contributed by atoms with Crippen molar-refractivity contribution in [1.82, 2.24) is 15.1 Å². The third kappa shape index (κ3) is 4.44. The van der Waals surface area contributed by atoms with Crippen LogP contribution in [-0.2, 0) is 10.2 Å². The minimum atomic E-state index is -0.335. The lowest BCUT2D eigenvalue weighted by Crippen LogP contribution is -2.49. The summed E-state index contributed by atoms with van der Waals surface area (Å²) in [4.78, 5) is 29.4. The lowest BCUT2D eigenvalue weighted by atomic mass is 9.74. The molecule has 8 heteroatoms. The number of nitrogens with zero attached hydrogens (tertiary/aromatic N) is 2. The van der Waals surface area contributed by atoms with Gasteiger partial charge in [0, 0.05) is 35.7 Å². The van der Waals surface area contributed by atoms with Gasteiger partial charge < -0.3 is 15.0 Å². The van der Waals surface area contributed by atoms with Gasteiger partial charge in [0.1, 0.15) is 5.75 Å². The van der Waals surface area contributed by atoms with Gasteiger partial charge in [-0.1, -0.05) is 41.4 Å². The van der Waals surface area contributed by atoms with Crippen LogP contribution in [0.3, 0.4) is 0 Å². The Balaban J connectivity index is 1.11. The number of carbonyl (C=O) groups is 2. The molecule has 1 spiro atoms. The third-order valence-corrected chi connectivity index (χ3v) is 8.07. The number of carbonyl (C=O) groups excluding carboxylic acids is 2. The predicted molar refractivity (Wildman–Crippen MR) is 128 cm³/mol. The molecule has 0 radical (unpaired) electrons. The Morgan fingerprint density at radius 3 is 2.64 bits per heavy atom. The molecule has 174 valence electrons. The highest BCUT2D eigenvalue weighted by atomic mass is 35.5. The van der Waals surface area contributed by atoms with Gasteiger partial charge in [-0.05, 0) is 56.6 Å². The van der Waals surface area contributed by atoms with Crippen molar-refractivity contribution in [2.45, 2.75) is 30.7 Å². The van der Waals surface area contributed by atoms with Crippen LogP contribution < -0.4 is 10.1 Å². The number of piperidine rings is 1. The third-order valence-electron chi connectivity index (χ3n) is 7.33. The molecule has 6 nitrogen and oxygen atoms in total. The standard InChI is InChI=1S/C25H27Cl2N3O3/c26-20-6-5-17(13-21(20)27)24(32)28-14-23(31)30-10-7-18(15-30)29-11-8-25(9-12-29)16-33-22-4-2-1-3-19(22)25/h1-6,13,18H,7-12,14-16H2,(H,28,32). The first-order valence-corrected chi connectivity index (χ1v) is 12.2. The fourth-order valence-electron chi connectivity index (χ4n) is 5.33. The van der Waals surface area contributed by atoms with Crippen molar-refractivity contribution in [3.8, 4) is 5.75 Å². The Labute approximate surface area is 203 Å². The number of rotatable bonds is 4. The van der Waals surface area contributed by atoms with Crippen LogP contribution >= 0.6 is 23.2 Å². The number of hydrogen-bond acceptors (Lipinski definition) is 4. The number of halogens is 2. The van der Waals surface area contributed by atoms with Crippen molar-refractivity contribution >= 4 is 35.0 Å². The van der Waals surface area contributed by atoms with Gasteiger partial charge in [0.25, 0.3) is 5.91 Å². The molecule has 0 aromatic heterocycles. The molecular formula is C25H27Cl2N3O3. The maximum atomic E-state index is 12.7. The molecule has 3 heterocycles. The van der Waals surface area contributed by atoms with Crippen molar-refractivity contribution in [2.75, 3.05) is 39.3 Å². The zero-order valence-electron chi connectivity index (χ0n) is 18.4. The maximum absolute atomic E-state index is 12.7. The van der Waals surface area contributed by atoms with E-state index in [0.29, 0.717) is 28.2 Å². The highest BCUT2D eigenvalue weighted by Gasteiger charge is 2.44. The molecule has 2 aromatic carbocycles. The summed E-state index contributed by atoms with van der Waals surface area (Å²) in [6, 6.07) is 13.5. The van der Waals surface area contributed by atoms with Gasteiger partial charge in [-0.15, -0.1) is 0 Å². The zero-order valence-corrected chi connectivity index (χ0v) is 19.9. The van der Waals surface area contributed by atoms with Gasteiger partial charge in [0.05, 0.1) is 23.2 Å². The molecular weight excluding hydrogens is 461 g/mol. The molecule has 3 aliphatic heterocycles. The van der Waals surface area contributed by atoms with Gasteiger partial charge in [0.2, 0.25) is 5.91 Å². The topological polar surface area (TPSA) is 61.9 Å². The van der Waals surface area contributed by atoms with E-state index in [1.54, 1.807) is 12.1 Å². The van der Waals surface area contributed by atoms with Gasteiger partial charge in [-0.25, -0.2) is 0 Å². The lowest BCUT2D eigenvalue weighted by Gasteiger charge is -2.41. The highest BCUT2D eigenvalue weighted by Crippen LogP contribution is 2.45. The van der Waals surface area contributed by atoms with Gasteiger partial charge in [0.15, 0.2) is 0 Å². The van der Waals surface area contributed by atoms with Crippen LogP contribution in [0.2, 0.25) is 10.0 Å². The quantitative estimate of drug-likeness (QED) is 0.713. The number of nitrogens with one attached hydrogen (secondary N) is 1. The SMILES string of the molecule is O=C(NCC(=O)N1CCC(N2CCC3(CC2)COc2ccccc23)C1)c1ccc(Cl)c(Cl)c1. The van der Waals surface area contributed by atoms with E-state index in [9.17, 15) is 9.59 Å². The lowest BCUT2D eigenvalue weighted by molar-refractivity contribution is -0.129. The van der Waals surface area contributed by atoms with Crippen molar-refractivity contribution < 1.29 is 14.3 Å². The molecule has 1 atom stereocenters. The van der Waals surface area contributed by atoms with E-state index in [4.69, 9.17) is 27.9 Å². The monoisotopic (exact) mass is 487 g/mol. The second kappa shape index (κ2) is 9.16. The Hall–Kier alpha value is -2.28. The van der Waals surface area contributed by atoms with Crippen LogP contribution in [0.5, 0.6) is 5.75 Å². The number of para-hydroxylation sites is 1. The van der Waals surface area contributed by atoms with Gasteiger partial charge in [-0.2, -0.15) is 0 Å². The van der Waals surface area contributed by atoms with Crippen molar-refractivity contribution in [2.24, 2.45) is 0 Å². The number of fused-ring (bicyclic) bond motifs is 2. The van der Waals surface area contributed by atoms with Crippen molar-refractivity contribution in [3.05, 3.63) is 63.6 Å². The minimum Gasteiger partial charge on any atom is -0.492 e. The molecule has 2 amide bonds. The minimum absolute atomic E-state index is 0.0248. The molecule has 0 aliphatic carbocycles. The number of ether oxygens (including phenoxy) is 1. The summed E-state index contributed by atoms with van der Waals surface area (Å²) in [6.45, 7) is 4.20. The molecule has 0 bridgehead atoms. The van der Waals surface area contributed by atoms with Crippen LogP contribution in [0, 0.1) is 0 Å². The van der Waals surface area contributed by atoms with Crippen molar-refractivity contribution in [1.29, 1.82) is 0 Å². The molecule has 5 rings (SSSR count). The average Bonchev–Trinajstić information content (AvgIpc) is 3.46. The molecule has 2 aromatic rings. The number of amides is 2. The molecule has 1 N–H and O–H groups in total. The van der Waals surface area contributed by atoms with Crippen LogP contribution in [0.15, 0.2) is 42.5 Å². The van der Waals surface area contributed by atoms with Crippen LogP contribution in [0.4, 0.5) is 0 Å². The summed E-state index contributed by atoms with van der Waals surface area (Å²) in [5, 5.41) is 3.40. The maximum Gasteiger partial charge on any atom is 0.251 e. The number of hydrogen-bond donors (Lipinski definition) is 1. The van der Waals surface area contributed by atoms with E-state index in [0.717, 1.165) is 51.3 Å². The molecule has 2 saturated heterocycles. The smallest absolute Gasteiger partial charge is 0.251 e. The summed E-state index contributed by atoms with van der Waals surface area (Å²) in [6.07, 6.45) is 3.12. The first-order chi connectivity index (χ1) is 15.9. The van der Waals surface area contributed by atoms with E-state index in [-0.39, 0.29) is 23.8 Å². The first-order valence-electron chi connectivity index (χ1n) is 11.4. The van der Waals surface area contributed by atoms with E-state index in [1.807, 2.05) is 11.0 Å². The number of likely N-dealkylation sites (tertiary alicyclic amines) is 2. The largest absolute Gasteiger partial charge is 0.492 e. The van der Waals surface area contributed by atoms with Crippen LogP contribution in [0.25, 0.3) is 0 Å². The Morgan fingerprint density at radius 1 is 1.06 bits per heavy atom. The molecule has 3 aliphatic rings. The highest BCUT2D eigenvalue weighted by molar-refractivity contribution is 6.42. The summed E-state index contributed by atoms with van der Waals surface area (Å²) in [7, 11) is 0. The Kier molecular flexibility index (Phi) is 6.25. The Bertz CT molecular complexity index is 1070. The average molecular weight is 488 g/mol. The number of benzene rings is 2. The molecule has 0 saturated carbocycles. The molecule has 2 fully saturated rings. The van der Waals surface area contributed by atoms with E-state index >= 15 is 0 Å². The molecule has 33 heavy (non-hydrogen) atoms. The van der Waals surface area contributed by atoms with Gasteiger partial charge in [-0.3, -0.25) is 14.5 Å². The predicted octanol–water partition coefficient (Wildman–Crippen LogP) is 3.75. The van der Waals surface area contributed by atoms with Crippen LogP contribution in [0.1, 0.15) is 35.2 Å². The van der Waals surface area contributed by atoms with E-state index < -0.39 is 0 Å². The van der Waals surface area contributed by atoms with Crippen molar-refractivity contribution in [3.63, 3.8) is 0 Å². The Morgan fingerprint density at radius 2 is 1.85 bits per heavy atom. The zero-order chi connectivity index (χ0) is 23.0. The second-order valence-electron chi connectivity index (χ2n) is 9.19. The van der Waals surface area contributed by atoms with Gasteiger partial charge >= 0.3 is 0 Å². The summed E-state index contributed by atoms with van der Waals surface area (Å²) < 4.78 is 5.97. The van der Waals surface area contributed by atoms with E-state index in [2.05, 4.69) is 28.4 Å². The van der Waals surface area contributed by atoms with E-state index in [1.165, 1.54) is 11.6 Å². The molecule has 1 unspecified atom stereocenters. The summed E-state index contributed by atoms with van der Waals surface area (Å²) in [5.41, 5.74) is 1.87. The fraction of sp³-hybridized carbons (Fsp3) is 0.440. The normalized spacial score (nSPS) is 21.6. The fourth-order valence-corrected chi connectivity index (χ4v) is 5.63. The first kappa shape index (κ1) is 22.5.